The van der Waals surface area contributed by atoms with E-state index < -0.39 is 27.7 Å². The molecule has 1 aliphatic heterocycles. The number of rotatable bonds is 3. The largest absolute Gasteiger partial charge is 0.358 e. The van der Waals surface area contributed by atoms with Crippen molar-refractivity contribution in [3.63, 3.8) is 0 Å². The summed E-state index contributed by atoms with van der Waals surface area (Å²) in [6.45, 7) is 0.149. The molecule has 6 nitrogen and oxygen atoms in total. The van der Waals surface area contributed by atoms with Gasteiger partial charge in [-0.05, 0) is 0 Å². The maximum absolute atomic E-state index is 12.4. The monoisotopic (exact) mass is 257 g/mol. The molecular weight excluding hydrogens is 244 g/mol. The predicted octanol–water partition coefficient (Wildman–Crippen LogP) is -1.44. The Morgan fingerprint density at radius 2 is 2.19 bits per heavy atom. The summed E-state index contributed by atoms with van der Waals surface area (Å²) in [4.78, 5) is 11.3. The van der Waals surface area contributed by atoms with Gasteiger partial charge in [-0.25, -0.2) is 8.42 Å². The van der Waals surface area contributed by atoms with Gasteiger partial charge in [0, 0.05) is 26.7 Å². The predicted molar refractivity (Wildman–Crippen MR) is 52.4 cm³/mol. The van der Waals surface area contributed by atoms with E-state index in [1.807, 2.05) is 0 Å². The summed E-state index contributed by atoms with van der Waals surface area (Å²) in [6, 6.07) is -1.11. The zero-order chi connectivity index (χ0) is 12.3. The molecule has 1 aliphatic rings. The molecule has 0 spiro atoms. The molecule has 1 unspecified atom stereocenters. The van der Waals surface area contributed by atoms with Crippen molar-refractivity contribution < 1.29 is 22.0 Å². The number of hydrogen-bond acceptors (Lipinski definition) is 4. The number of amides is 1. The second-order valence-electron chi connectivity index (χ2n) is 3.25. The maximum atomic E-state index is 12.4. The third-order valence-electron chi connectivity index (χ3n) is 2.30. The molecule has 0 aromatic rings. The molecule has 9 heteroatoms. The van der Waals surface area contributed by atoms with E-state index in [2.05, 4.69) is 10.6 Å². The average molecular weight is 257 g/mol. The van der Waals surface area contributed by atoms with Crippen LogP contribution in [0.3, 0.4) is 0 Å². The second-order valence-corrected chi connectivity index (χ2v) is 5.11. The molecule has 94 valence electrons. The van der Waals surface area contributed by atoms with Crippen LogP contribution in [0.2, 0.25) is 0 Å². The summed E-state index contributed by atoms with van der Waals surface area (Å²) < 4.78 is 47.8. The molecule has 0 aromatic carbocycles. The van der Waals surface area contributed by atoms with E-state index in [4.69, 9.17) is 0 Å². The van der Waals surface area contributed by atoms with Crippen LogP contribution in [0.15, 0.2) is 0 Å². The van der Waals surface area contributed by atoms with Gasteiger partial charge in [0.2, 0.25) is 5.91 Å². The van der Waals surface area contributed by atoms with Gasteiger partial charge in [0.1, 0.15) is 6.04 Å². The lowest BCUT2D eigenvalue weighted by molar-refractivity contribution is -0.124. The zero-order valence-electron chi connectivity index (χ0n) is 8.61. The minimum Gasteiger partial charge on any atom is -0.358 e. The van der Waals surface area contributed by atoms with Crippen LogP contribution in [0.25, 0.3) is 0 Å². The number of sulfonamides is 1. The van der Waals surface area contributed by atoms with Crippen LogP contribution < -0.4 is 10.6 Å². The van der Waals surface area contributed by atoms with E-state index in [0.717, 1.165) is 0 Å². The lowest BCUT2D eigenvalue weighted by Gasteiger charge is -2.33. The SMILES string of the molecule is CNC(=O)C1CNCCN1S(=O)(=O)C(F)F. The molecule has 16 heavy (non-hydrogen) atoms. The first-order valence-corrected chi connectivity index (χ1v) is 6.12. The van der Waals surface area contributed by atoms with Crippen molar-refractivity contribution in [2.24, 2.45) is 0 Å². The smallest absolute Gasteiger partial charge is 0.350 e. The highest BCUT2D eigenvalue weighted by molar-refractivity contribution is 7.89. The Hall–Kier alpha value is -0.800. The first-order chi connectivity index (χ1) is 7.41. The van der Waals surface area contributed by atoms with Gasteiger partial charge >= 0.3 is 5.76 Å². The topological polar surface area (TPSA) is 78.5 Å². The van der Waals surface area contributed by atoms with Gasteiger partial charge in [-0.2, -0.15) is 13.1 Å². The average Bonchev–Trinajstić information content (AvgIpc) is 2.27. The number of carbonyl (C=O) groups excluding carboxylic acids is 1. The van der Waals surface area contributed by atoms with Crippen molar-refractivity contribution in [3.05, 3.63) is 0 Å². The Bertz CT molecular complexity index is 360. The number of hydrogen-bond donors (Lipinski definition) is 2. The van der Waals surface area contributed by atoms with Crippen LogP contribution in [0.4, 0.5) is 8.78 Å². The normalized spacial score (nSPS) is 23.4. The summed E-state index contributed by atoms with van der Waals surface area (Å²) in [5, 5.41) is 5.02. The van der Waals surface area contributed by atoms with Crippen molar-refractivity contribution >= 4 is 15.9 Å². The van der Waals surface area contributed by atoms with Crippen LogP contribution in [0.5, 0.6) is 0 Å². The van der Waals surface area contributed by atoms with E-state index in [1.54, 1.807) is 0 Å². The minimum absolute atomic E-state index is 0.0334. The molecule has 1 heterocycles. The Balaban J connectivity index is 2.95. The highest BCUT2D eigenvalue weighted by Gasteiger charge is 2.41. The number of alkyl halides is 2. The van der Waals surface area contributed by atoms with E-state index >= 15 is 0 Å². The van der Waals surface area contributed by atoms with Crippen LogP contribution in [0.1, 0.15) is 0 Å². The molecule has 1 rings (SSSR count). The molecule has 0 aromatic heterocycles. The highest BCUT2D eigenvalue weighted by atomic mass is 32.2. The van der Waals surface area contributed by atoms with Crippen LogP contribution in [-0.4, -0.2) is 57.1 Å². The molecule has 0 radical (unpaired) electrons. The van der Waals surface area contributed by atoms with Crippen molar-refractivity contribution in [2.75, 3.05) is 26.7 Å². The number of piperazine rings is 1. The van der Waals surface area contributed by atoms with Crippen molar-refractivity contribution in [1.82, 2.24) is 14.9 Å². The fourth-order valence-electron chi connectivity index (χ4n) is 1.48. The number of likely N-dealkylation sites (N-methyl/N-ethyl adjacent to an activating group) is 1. The number of halogens is 2. The van der Waals surface area contributed by atoms with Gasteiger partial charge in [0.05, 0.1) is 0 Å². The summed E-state index contributed by atoms with van der Waals surface area (Å²) in [6.07, 6.45) is 0. The van der Waals surface area contributed by atoms with Crippen molar-refractivity contribution in [1.29, 1.82) is 0 Å². The minimum atomic E-state index is -4.71. The number of nitrogens with one attached hydrogen (secondary N) is 2. The summed E-state index contributed by atoms with van der Waals surface area (Å²) in [7, 11) is -3.38. The Kier molecular flexibility index (Phi) is 4.16. The zero-order valence-corrected chi connectivity index (χ0v) is 9.43. The summed E-state index contributed by atoms with van der Waals surface area (Å²) in [5.74, 6) is -4.10. The molecule has 2 N–H and O–H groups in total. The molecule has 0 bridgehead atoms. The van der Waals surface area contributed by atoms with Gasteiger partial charge < -0.3 is 10.6 Å². The summed E-state index contributed by atoms with van der Waals surface area (Å²) >= 11 is 0. The van der Waals surface area contributed by atoms with Gasteiger partial charge in [-0.15, -0.1) is 0 Å². The molecular formula is C7H13F2N3O3S. The molecule has 0 aliphatic carbocycles. The van der Waals surface area contributed by atoms with Crippen molar-refractivity contribution in [2.45, 2.75) is 11.8 Å². The van der Waals surface area contributed by atoms with Crippen LogP contribution in [-0.2, 0) is 14.8 Å². The fraction of sp³-hybridized carbons (Fsp3) is 0.857. The van der Waals surface area contributed by atoms with Crippen molar-refractivity contribution in [3.8, 4) is 0 Å². The lowest BCUT2D eigenvalue weighted by Crippen LogP contribution is -2.60. The first-order valence-electron chi connectivity index (χ1n) is 4.62. The molecule has 1 saturated heterocycles. The van der Waals surface area contributed by atoms with Gasteiger partial charge in [0.25, 0.3) is 10.0 Å². The Morgan fingerprint density at radius 1 is 1.56 bits per heavy atom. The first kappa shape index (κ1) is 13.3. The number of carbonyl (C=O) groups is 1. The van der Waals surface area contributed by atoms with Gasteiger partial charge in [0.15, 0.2) is 0 Å². The highest BCUT2D eigenvalue weighted by Crippen LogP contribution is 2.16. The van der Waals surface area contributed by atoms with E-state index in [9.17, 15) is 22.0 Å². The van der Waals surface area contributed by atoms with Crippen LogP contribution >= 0.6 is 0 Å². The Morgan fingerprint density at radius 3 is 2.69 bits per heavy atom. The second kappa shape index (κ2) is 5.02. The number of nitrogens with zero attached hydrogens (tertiary/aromatic N) is 1. The van der Waals surface area contributed by atoms with Gasteiger partial charge in [-0.1, -0.05) is 0 Å². The Labute approximate surface area is 92.0 Å². The standard InChI is InChI=1S/C7H13F2N3O3S/c1-10-6(13)5-4-11-2-3-12(5)16(14,15)7(8)9/h5,7,11H,2-4H2,1H3,(H,10,13). The third kappa shape index (κ3) is 2.47. The third-order valence-corrected chi connectivity index (χ3v) is 3.84. The van der Waals surface area contributed by atoms with Gasteiger partial charge in [-0.3, -0.25) is 4.79 Å². The maximum Gasteiger partial charge on any atom is 0.350 e. The van der Waals surface area contributed by atoms with Crippen LogP contribution in [0, 0.1) is 0 Å². The summed E-state index contributed by atoms with van der Waals surface area (Å²) in [5.41, 5.74) is 0. The molecule has 1 atom stereocenters. The molecule has 1 amide bonds. The fourth-order valence-corrected chi connectivity index (χ4v) is 2.56. The molecule has 0 saturated carbocycles. The molecule has 1 fully saturated rings. The quantitative estimate of drug-likeness (QED) is 0.649. The lowest BCUT2D eigenvalue weighted by atomic mass is 10.2. The van der Waals surface area contributed by atoms with E-state index in [-0.39, 0.29) is 19.6 Å². The van der Waals surface area contributed by atoms with E-state index in [0.29, 0.717) is 4.31 Å². The van der Waals surface area contributed by atoms with E-state index in [1.165, 1.54) is 7.05 Å².